The van der Waals surface area contributed by atoms with Crippen molar-refractivity contribution < 1.29 is 58.9 Å². The fourth-order valence-corrected chi connectivity index (χ4v) is 4.27. The molecule has 1 N–H and O–H groups in total. The highest BCUT2D eigenvalue weighted by molar-refractivity contribution is 5.79. The topological polar surface area (TPSA) is 73.3 Å². The van der Waals surface area contributed by atoms with E-state index in [1.165, 1.54) is 11.0 Å². The van der Waals surface area contributed by atoms with Gasteiger partial charge in [-0.1, -0.05) is 0 Å². The van der Waals surface area contributed by atoms with E-state index in [1.54, 1.807) is 4.90 Å². The van der Waals surface area contributed by atoms with E-state index in [-0.39, 0.29) is 56.9 Å². The summed E-state index contributed by atoms with van der Waals surface area (Å²) in [5, 5.41) is 9.38. The Labute approximate surface area is 204 Å². The highest BCUT2D eigenvalue weighted by Crippen LogP contribution is 2.37. The molecule has 2 aliphatic rings. The van der Waals surface area contributed by atoms with Crippen molar-refractivity contribution in [2.75, 3.05) is 37.6 Å². The smallest absolute Gasteiger partial charge is 0.434 e. The molecule has 3 rings (SSSR count). The van der Waals surface area contributed by atoms with E-state index in [0.29, 0.717) is 11.3 Å². The molecule has 2 heterocycles. The van der Waals surface area contributed by atoms with Crippen LogP contribution in [0.5, 0.6) is 0 Å². The number of carboxylic acid groups (broad SMARTS) is 1. The molecule has 1 atom stereocenters. The Morgan fingerprint density at radius 2 is 1.51 bits per heavy atom. The van der Waals surface area contributed by atoms with Crippen LogP contribution in [-0.2, 0) is 22.3 Å². The molecule has 37 heavy (non-hydrogen) atoms. The summed E-state index contributed by atoms with van der Waals surface area (Å²) >= 11 is 0. The zero-order valence-electron chi connectivity index (χ0n) is 19.0. The molecule has 0 radical (unpaired) electrons. The first-order valence-electron chi connectivity index (χ1n) is 11.0. The van der Waals surface area contributed by atoms with Crippen LogP contribution in [0.4, 0.5) is 50.0 Å². The number of alkyl halides is 9. The van der Waals surface area contributed by atoms with E-state index in [9.17, 15) is 54.2 Å². The van der Waals surface area contributed by atoms with Crippen LogP contribution in [0.3, 0.4) is 0 Å². The third-order valence-electron chi connectivity index (χ3n) is 6.02. The van der Waals surface area contributed by atoms with Gasteiger partial charge in [0.2, 0.25) is 0 Å². The number of nitrogens with zero attached hydrogens (tertiary/aromatic N) is 3. The number of amides is 1. The van der Waals surface area contributed by atoms with Gasteiger partial charge in [0, 0.05) is 45.0 Å². The first-order valence-corrected chi connectivity index (χ1v) is 11.0. The summed E-state index contributed by atoms with van der Waals surface area (Å²) in [7, 11) is 0. The predicted octanol–water partition coefficient (Wildman–Crippen LogP) is 4.51. The molecule has 0 bridgehead atoms. The molecule has 208 valence electrons. The molecule has 0 aromatic heterocycles. The molecule has 2 fully saturated rings. The first-order chi connectivity index (χ1) is 17.0. The third-order valence-corrected chi connectivity index (χ3v) is 6.02. The Kier molecular flexibility index (Phi) is 8.10. The SMILES string of the molecule is O=C(O)[C@@H]1CCCN1c1cc(CN2CCN(C(=O)OC(C(F)(F)F)C(F)(F)F)CC2)cc(C(F)(F)F)c1. The van der Waals surface area contributed by atoms with Crippen molar-refractivity contribution in [1.82, 2.24) is 9.80 Å². The lowest BCUT2D eigenvalue weighted by molar-refractivity contribution is -0.308. The monoisotopic (exact) mass is 551 g/mol. The van der Waals surface area contributed by atoms with Gasteiger partial charge in [-0.2, -0.15) is 39.5 Å². The third kappa shape index (κ3) is 7.11. The van der Waals surface area contributed by atoms with Crippen LogP contribution in [0.25, 0.3) is 0 Å². The fourth-order valence-electron chi connectivity index (χ4n) is 4.27. The molecule has 0 unspecified atom stereocenters. The lowest BCUT2D eigenvalue weighted by atomic mass is 10.1. The summed E-state index contributed by atoms with van der Waals surface area (Å²) in [5.41, 5.74) is -0.753. The normalized spacial score (nSPS) is 20.0. The molecule has 7 nitrogen and oxygen atoms in total. The van der Waals surface area contributed by atoms with Crippen molar-refractivity contribution >= 4 is 17.7 Å². The van der Waals surface area contributed by atoms with E-state index >= 15 is 0 Å². The first kappa shape index (κ1) is 28.7. The second-order valence-electron chi connectivity index (χ2n) is 8.69. The molecular weight excluding hydrogens is 529 g/mol. The van der Waals surface area contributed by atoms with Crippen molar-refractivity contribution in [3.63, 3.8) is 0 Å². The standard InChI is InChI=1S/C21H22F9N3O4/c22-19(23,24)13-8-12(9-14(10-13)33-3-1-2-15(33)16(34)35)11-31-4-6-32(7-5-31)18(36)37-17(20(25,26)27)21(28,29)30/h8-10,15,17H,1-7,11H2,(H,34,35)/t15-/m0/s1. The minimum Gasteiger partial charge on any atom is -0.480 e. The molecule has 0 spiro atoms. The van der Waals surface area contributed by atoms with Crippen LogP contribution < -0.4 is 4.90 Å². The van der Waals surface area contributed by atoms with E-state index in [1.807, 2.05) is 0 Å². The molecule has 1 aromatic rings. The van der Waals surface area contributed by atoms with Gasteiger partial charge in [-0.05, 0) is 36.6 Å². The number of carbonyl (C=O) groups is 2. The van der Waals surface area contributed by atoms with Gasteiger partial charge in [-0.3, -0.25) is 4.90 Å². The van der Waals surface area contributed by atoms with Crippen molar-refractivity contribution in [2.24, 2.45) is 0 Å². The Hall–Kier alpha value is -2.91. The van der Waals surface area contributed by atoms with Crippen LogP contribution in [-0.4, -0.2) is 84.2 Å². The Bertz CT molecular complexity index is 975. The van der Waals surface area contributed by atoms with E-state index in [2.05, 4.69) is 4.74 Å². The van der Waals surface area contributed by atoms with Crippen LogP contribution in [0.1, 0.15) is 24.0 Å². The Morgan fingerprint density at radius 1 is 0.919 bits per heavy atom. The van der Waals surface area contributed by atoms with Gasteiger partial charge < -0.3 is 19.6 Å². The summed E-state index contributed by atoms with van der Waals surface area (Å²) in [6.07, 6.45) is -21.8. The maximum Gasteiger partial charge on any atom is 0.434 e. The minimum absolute atomic E-state index is 0.0646. The number of halogens is 9. The number of ether oxygens (including phenoxy) is 1. The van der Waals surface area contributed by atoms with Gasteiger partial charge in [0.1, 0.15) is 6.04 Å². The number of carboxylic acids is 1. The average Bonchev–Trinajstić information content (AvgIpc) is 3.26. The largest absolute Gasteiger partial charge is 0.480 e. The van der Waals surface area contributed by atoms with Crippen LogP contribution in [0.15, 0.2) is 18.2 Å². The van der Waals surface area contributed by atoms with E-state index in [0.717, 1.165) is 12.1 Å². The van der Waals surface area contributed by atoms with Crippen molar-refractivity contribution in [3.05, 3.63) is 29.3 Å². The van der Waals surface area contributed by atoms with Gasteiger partial charge in [0.25, 0.3) is 6.10 Å². The fraction of sp³-hybridized carbons (Fsp3) is 0.619. The second-order valence-corrected chi connectivity index (χ2v) is 8.69. The number of piperazine rings is 1. The van der Waals surface area contributed by atoms with Gasteiger partial charge in [0.15, 0.2) is 0 Å². The quantitative estimate of drug-likeness (QED) is 0.544. The number of aliphatic carboxylic acids is 1. The van der Waals surface area contributed by atoms with Crippen LogP contribution in [0, 0.1) is 0 Å². The van der Waals surface area contributed by atoms with Gasteiger partial charge in [0.05, 0.1) is 5.56 Å². The zero-order chi connectivity index (χ0) is 27.8. The summed E-state index contributed by atoms with van der Waals surface area (Å²) in [4.78, 5) is 27.0. The van der Waals surface area contributed by atoms with Crippen molar-refractivity contribution in [2.45, 2.75) is 50.1 Å². The maximum atomic E-state index is 13.5. The molecule has 1 aromatic carbocycles. The maximum absolute atomic E-state index is 13.5. The van der Waals surface area contributed by atoms with Gasteiger partial charge >= 0.3 is 30.6 Å². The molecule has 0 aliphatic carbocycles. The lowest BCUT2D eigenvalue weighted by Gasteiger charge is -2.35. The average molecular weight is 551 g/mol. The molecule has 0 saturated carbocycles. The molecule has 2 aliphatic heterocycles. The van der Waals surface area contributed by atoms with Crippen LogP contribution in [0.2, 0.25) is 0 Å². The summed E-state index contributed by atoms with van der Waals surface area (Å²) in [6, 6.07) is 2.17. The number of hydrogen-bond acceptors (Lipinski definition) is 5. The minimum atomic E-state index is -5.86. The Morgan fingerprint density at radius 3 is 2.03 bits per heavy atom. The molecule has 1 amide bonds. The molecule has 2 saturated heterocycles. The summed E-state index contributed by atoms with van der Waals surface area (Å²) in [6.45, 7) is -0.606. The number of hydrogen-bond donors (Lipinski definition) is 1. The van der Waals surface area contributed by atoms with E-state index < -0.39 is 48.3 Å². The number of benzene rings is 1. The van der Waals surface area contributed by atoms with Crippen LogP contribution >= 0.6 is 0 Å². The van der Waals surface area contributed by atoms with E-state index in [4.69, 9.17) is 0 Å². The Balaban J connectivity index is 1.69. The number of anilines is 1. The zero-order valence-corrected chi connectivity index (χ0v) is 19.0. The van der Waals surface area contributed by atoms with Gasteiger partial charge in [-0.15, -0.1) is 0 Å². The highest BCUT2D eigenvalue weighted by atomic mass is 19.4. The number of rotatable bonds is 5. The predicted molar refractivity (Wildman–Crippen MR) is 109 cm³/mol. The number of carbonyl (C=O) groups excluding carboxylic acids is 1. The molecular formula is C21H22F9N3O4. The van der Waals surface area contributed by atoms with Crippen molar-refractivity contribution in [3.8, 4) is 0 Å². The van der Waals surface area contributed by atoms with Crippen molar-refractivity contribution in [1.29, 1.82) is 0 Å². The van der Waals surface area contributed by atoms with Gasteiger partial charge in [-0.25, -0.2) is 9.59 Å². The second kappa shape index (κ2) is 10.5. The molecule has 16 heteroatoms. The lowest BCUT2D eigenvalue weighted by Crippen LogP contribution is -2.52. The highest BCUT2D eigenvalue weighted by Gasteiger charge is 2.60. The summed E-state index contributed by atoms with van der Waals surface area (Å²) in [5.74, 6) is -1.17. The summed E-state index contributed by atoms with van der Waals surface area (Å²) < 4.78 is 120.